The fourth-order valence-corrected chi connectivity index (χ4v) is 2.32. The maximum atomic E-state index is 12.8. The molecule has 3 N–H and O–H groups in total. The molecule has 124 valence electrons. The number of aromatic hydroxyl groups is 1. The Bertz CT molecular complexity index is 603. The van der Waals surface area contributed by atoms with Gasteiger partial charge in [-0.25, -0.2) is 4.39 Å². The smallest absolute Gasteiger partial charge is 0.123 e. The molecule has 0 aliphatic carbocycles. The zero-order chi connectivity index (χ0) is 16.7. The number of benzene rings is 2. The van der Waals surface area contributed by atoms with Crippen molar-refractivity contribution in [2.24, 2.45) is 0 Å². The van der Waals surface area contributed by atoms with Crippen molar-refractivity contribution in [1.29, 1.82) is 0 Å². The van der Waals surface area contributed by atoms with E-state index in [1.165, 1.54) is 24.3 Å². The summed E-state index contributed by atoms with van der Waals surface area (Å²) >= 11 is 0. The molecule has 0 heterocycles. The Morgan fingerprint density at radius 3 is 2.48 bits per heavy atom. The Kier molecular flexibility index (Phi) is 6.38. The quantitative estimate of drug-likeness (QED) is 0.700. The van der Waals surface area contributed by atoms with Gasteiger partial charge >= 0.3 is 0 Å². The van der Waals surface area contributed by atoms with E-state index >= 15 is 0 Å². The first-order valence-electron chi connectivity index (χ1n) is 7.68. The molecule has 0 fully saturated rings. The number of aliphatic hydroxyl groups is 1. The number of halogens is 1. The standard InChI is InChI=1S/C18H22FNO3/c1-2-17(16-5-3-4-6-18(16)22)20-11-14(21)12-23-15-9-7-13(19)8-10-15/h3-10,14,17,20-22H,2,11-12H2,1H3. The molecule has 0 saturated heterocycles. The third kappa shape index (κ3) is 5.23. The van der Waals surface area contributed by atoms with Crippen LogP contribution in [-0.4, -0.2) is 29.5 Å². The van der Waals surface area contributed by atoms with E-state index in [2.05, 4.69) is 5.32 Å². The van der Waals surface area contributed by atoms with Crippen LogP contribution in [0.2, 0.25) is 0 Å². The highest BCUT2D eigenvalue weighted by Gasteiger charge is 2.14. The van der Waals surface area contributed by atoms with Crippen molar-refractivity contribution in [3.05, 3.63) is 59.9 Å². The Morgan fingerprint density at radius 2 is 1.83 bits per heavy atom. The van der Waals surface area contributed by atoms with Crippen molar-refractivity contribution < 1.29 is 19.3 Å². The molecule has 0 bridgehead atoms. The monoisotopic (exact) mass is 319 g/mol. The van der Waals surface area contributed by atoms with Gasteiger partial charge < -0.3 is 20.3 Å². The van der Waals surface area contributed by atoms with Crippen LogP contribution in [0.15, 0.2) is 48.5 Å². The number of hydrogen-bond donors (Lipinski definition) is 3. The first-order chi connectivity index (χ1) is 11.1. The number of para-hydroxylation sites is 1. The lowest BCUT2D eigenvalue weighted by Gasteiger charge is -2.21. The predicted octanol–water partition coefficient (Wildman–Crippen LogP) is 3.01. The number of nitrogens with one attached hydrogen (secondary N) is 1. The lowest BCUT2D eigenvalue weighted by atomic mass is 10.0. The summed E-state index contributed by atoms with van der Waals surface area (Å²) in [6.45, 7) is 2.44. The molecule has 2 unspecified atom stereocenters. The van der Waals surface area contributed by atoms with Gasteiger partial charge in [0.1, 0.15) is 30.0 Å². The van der Waals surface area contributed by atoms with Gasteiger partial charge in [-0.1, -0.05) is 25.1 Å². The van der Waals surface area contributed by atoms with Crippen LogP contribution >= 0.6 is 0 Å². The Morgan fingerprint density at radius 1 is 1.13 bits per heavy atom. The average Bonchev–Trinajstić information content (AvgIpc) is 2.56. The van der Waals surface area contributed by atoms with Gasteiger partial charge in [-0.2, -0.15) is 0 Å². The van der Waals surface area contributed by atoms with Crippen LogP contribution in [0.5, 0.6) is 11.5 Å². The van der Waals surface area contributed by atoms with Gasteiger partial charge in [-0.15, -0.1) is 0 Å². The fourth-order valence-electron chi connectivity index (χ4n) is 2.32. The zero-order valence-corrected chi connectivity index (χ0v) is 13.1. The molecule has 0 saturated carbocycles. The van der Waals surface area contributed by atoms with E-state index < -0.39 is 6.10 Å². The normalized spacial score (nSPS) is 13.5. The summed E-state index contributed by atoms with van der Waals surface area (Å²) in [4.78, 5) is 0. The molecule has 0 aliphatic heterocycles. The van der Waals surface area contributed by atoms with E-state index in [1.807, 2.05) is 19.1 Å². The van der Waals surface area contributed by atoms with E-state index in [9.17, 15) is 14.6 Å². The highest BCUT2D eigenvalue weighted by atomic mass is 19.1. The minimum atomic E-state index is -0.708. The second-order valence-electron chi connectivity index (χ2n) is 5.35. The molecule has 2 atom stereocenters. The van der Waals surface area contributed by atoms with Crippen molar-refractivity contribution in [3.63, 3.8) is 0 Å². The van der Waals surface area contributed by atoms with E-state index in [1.54, 1.807) is 12.1 Å². The second kappa shape index (κ2) is 8.50. The van der Waals surface area contributed by atoms with Crippen LogP contribution in [0, 0.1) is 5.82 Å². The van der Waals surface area contributed by atoms with Gasteiger partial charge in [0, 0.05) is 18.2 Å². The van der Waals surface area contributed by atoms with Gasteiger partial charge in [-0.3, -0.25) is 0 Å². The first kappa shape index (κ1) is 17.2. The summed E-state index contributed by atoms with van der Waals surface area (Å²) in [6.07, 6.45) is 0.0725. The fraction of sp³-hybridized carbons (Fsp3) is 0.333. The zero-order valence-electron chi connectivity index (χ0n) is 13.1. The van der Waals surface area contributed by atoms with Crippen molar-refractivity contribution in [3.8, 4) is 11.5 Å². The van der Waals surface area contributed by atoms with Crippen molar-refractivity contribution >= 4 is 0 Å². The minimum Gasteiger partial charge on any atom is -0.508 e. The van der Waals surface area contributed by atoms with E-state index in [4.69, 9.17) is 4.74 Å². The van der Waals surface area contributed by atoms with Gasteiger partial charge in [0.25, 0.3) is 0 Å². The van der Waals surface area contributed by atoms with E-state index in [0.717, 1.165) is 12.0 Å². The Hall–Kier alpha value is -2.11. The number of aliphatic hydroxyl groups excluding tert-OH is 1. The third-order valence-electron chi connectivity index (χ3n) is 3.58. The second-order valence-corrected chi connectivity index (χ2v) is 5.35. The third-order valence-corrected chi connectivity index (χ3v) is 3.58. The van der Waals surface area contributed by atoms with E-state index in [0.29, 0.717) is 12.3 Å². The minimum absolute atomic E-state index is 0.0447. The number of phenols is 1. The highest BCUT2D eigenvalue weighted by molar-refractivity contribution is 5.34. The molecule has 2 aromatic rings. The van der Waals surface area contributed by atoms with Gasteiger partial charge in [0.2, 0.25) is 0 Å². The lowest BCUT2D eigenvalue weighted by Crippen LogP contribution is -2.33. The Labute approximate surface area is 135 Å². The number of rotatable bonds is 8. The van der Waals surface area contributed by atoms with Gasteiger partial charge in [-0.05, 0) is 36.8 Å². The van der Waals surface area contributed by atoms with Crippen molar-refractivity contribution in [1.82, 2.24) is 5.32 Å². The number of hydrogen-bond acceptors (Lipinski definition) is 4. The molecule has 2 rings (SSSR count). The summed E-state index contributed by atoms with van der Waals surface area (Å²) < 4.78 is 18.2. The molecular weight excluding hydrogens is 297 g/mol. The molecule has 23 heavy (non-hydrogen) atoms. The summed E-state index contributed by atoms with van der Waals surface area (Å²) in [6, 6.07) is 12.8. The first-order valence-corrected chi connectivity index (χ1v) is 7.68. The van der Waals surface area contributed by atoms with Crippen LogP contribution < -0.4 is 10.1 Å². The summed E-state index contributed by atoms with van der Waals surface area (Å²) in [7, 11) is 0. The largest absolute Gasteiger partial charge is 0.508 e. The SMILES string of the molecule is CCC(NCC(O)COc1ccc(F)cc1)c1ccccc1O. The lowest BCUT2D eigenvalue weighted by molar-refractivity contribution is 0.103. The average molecular weight is 319 g/mol. The van der Waals surface area contributed by atoms with Crippen LogP contribution in [0.4, 0.5) is 4.39 Å². The van der Waals surface area contributed by atoms with Gasteiger partial charge in [0.05, 0.1) is 0 Å². The summed E-state index contributed by atoms with van der Waals surface area (Å²) in [5, 5.41) is 23.1. The molecular formula is C18H22FNO3. The molecule has 0 amide bonds. The van der Waals surface area contributed by atoms with Crippen LogP contribution in [-0.2, 0) is 0 Å². The van der Waals surface area contributed by atoms with Gasteiger partial charge in [0.15, 0.2) is 0 Å². The topological polar surface area (TPSA) is 61.7 Å². The number of phenolic OH excluding ortho intramolecular Hbond substituents is 1. The van der Waals surface area contributed by atoms with Crippen LogP contribution in [0.3, 0.4) is 0 Å². The van der Waals surface area contributed by atoms with Crippen molar-refractivity contribution in [2.75, 3.05) is 13.2 Å². The molecule has 0 aromatic heterocycles. The maximum absolute atomic E-state index is 12.8. The molecule has 4 nitrogen and oxygen atoms in total. The van der Waals surface area contributed by atoms with E-state index in [-0.39, 0.29) is 24.2 Å². The maximum Gasteiger partial charge on any atom is 0.123 e. The van der Waals surface area contributed by atoms with Crippen LogP contribution in [0.25, 0.3) is 0 Å². The van der Waals surface area contributed by atoms with Crippen molar-refractivity contribution in [2.45, 2.75) is 25.5 Å². The highest BCUT2D eigenvalue weighted by Crippen LogP contribution is 2.25. The molecule has 2 aromatic carbocycles. The molecule has 0 spiro atoms. The van der Waals surface area contributed by atoms with Crippen LogP contribution in [0.1, 0.15) is 24.9 Å². The summed E-state index contributed by atoms with van der Waals surface area (Å²) in [5.74, 6) is 0.426. The summed E-state index contributed by atoms with van der Waals surface area (Å²) in [5.41, 5.74) is 0.807. The number of ether oxygens (including phenoxy) is 1. The molecule has 0 radical (unpaired) electrons. The Balaban J connectivity index is 1.81. The molecule has 5 heteroatoms. The molecule has 0 aliphatic rings. The predicted molar refractivity (Wildman–Crippen MR) is 87.0 cm³/mol.